The minimum Gasteiger partial charge on any atom is -0.386 e. The van der Waals surface area contributed by atoms with E-state index in [-0.39, 0.29) is 0 Å². The molecular weight excluding hydrogens is 210 g/mol. The van der Waals surface area contributed by atoms with Crippen molar-refractivity contribution in [3.05, 3.63) is 35.4 Å². The molecule has 0 aliphatic carbocycles. The second-order valence-corrected chi connectivity index (χ2v) is 5.66. The molecule has 0 atom stereocenters. The smallest absolute Gasteiger partial charge is 0.0840 e. The Bertz CT molecular complexity index is 361. The molecule has 2 nitrogen and oxygen atoms in total. The highest BCUT2D eigenvalue weighted by Crippen LogP contribution is 2.23. The van der Waals surface area contributed by atoms with Gasteiger partial charge in [-0.3, -0.25) is 0 Å². The number of nitrogens with one attached hydrogen (secondary N) is 1. The zero-order valence-electron chi connectivity index (χ0n) is 10.9. The molecule has 0 spiro atoms. The molecule has 17 heavy (non-hydrogen) atoms. The van der Waals surface area contributed by atoms with Crippen molar-refractivity contribution in [2.75, 3.05) is 13.1 Å². The van der Waals surface area contributed by atoms with E-state index in [2.05, 4.69) is 23.5 Å². The van der Waals surface area contributed by atoms with Gasteiger partial charge in [-0.15, -0.1) is 0 Å². The fraction of sp³-hybridized carbons (Fsp3) is 0.600. The maximum Gasteiger partial charge on any atom is 0.0840 e. The summed E-state index contributed by atoms with van der Waals surface area (Å²) in [6.45, 7) is 5.99. The average molecular weight is 233 g/mol. The molecule has 2 heteroatoms. The summed E-state index contributed by atoms with van der Waals surface area (Å²) >= 11 is 0. The van der Waals surface area contributed by atoms with Crippen LogP contribution in [0.25, 0.3) is 0 Å². The topological polar surface area (TPSA) is 32.3 Å². The van der Waals surface area contributed by atoms with Gasteiger partial charge in [0.2, 0.25) is 0 Å². The van der Waals surface area contributed by atoms with Gasteiger partial charge in [0.15, 0.2) is 0 Å². The minimum atomic E-state index is -0.732. The van der Waals surface area contributed by atoms with Crippen molar-refractivity contribution < 1.29 is 5.11 Å². The second-order valence-electron chi connectivity index (χ2n) is 5.66. The van der Waals surface area contributed by atoms with E-state index in [0.717, 1.165) is 31.0 Å². The third kappa shape index (κ3) is 3.55. The number of hydrogen-bond acceptors (Lipinski definition) is 2. The van der Waals surface area contributed by atoms with E-state index in [1.54, 1.807) is 0 Å². The predicted octanol–water partition coefficient (Wildman–Crippen LogP) is 2.46. The first kappa shape index (κ1) is 12.6. The predicted molar refractivity (Wildman–Crippen MR) is 71.0 cm³/mol. The molecule has 1 aliphatic rings. The van der Waals surface area contributed by atoms with E-state index in [4.69, 9.17) is 0 Å². The first-order chi connectivity index (χ1) is 8.05. The standard InChI is InChI=1S/C15H23NO/c1-15(2,17)14-5-3-4-13(11-14)10-12-6-8-16-9-7-12/h3-5,11-12,16-17H,6-10H2,1-2H3. The fourth-order valence-electron chi connectivity index (χ4n) is 2.50. The molecule has 0 saturated carbocycles. The Hall–Kier alpha value is -0.860. The Labute approximate surface area is 104 Å². The van der Waals surface area contributed by atoms with Gasteiger partial charge in [-0.1, -0.05) is 24.3 Å². The molecule has 2 N–H and O–H groups in total. The molecule has 0 amide bonds. The maximum atomic E-state index is 10.0. The van der Waals surface area contributed by atoms with Crippen LogP contribution in [0.2, 0.25) is 0 Å². The van der Waals surface area contributed by atoms with Crippen molar-refractivity contribution in [3.8, 4) is 0 Å². The van der Waals surface area contributed by atoms with Crippen molar-refractivity contribution in [3.63, 3.8) is 0 Å². The van der Waals surface area contributed by atoms with Gasteiger partial charge in [-0.05, 0) is 63.2 Å². The quantitative estimate of drug-likeness (QED) is 0.840. The highest BCUT2D eigenvalue weighted by atomic mass is 16.3. The highest BCUT2D eigenvalue weighted by molar-refractivity contribution is 5.27. The summed E-state index contributed by atoms with van der Waals surface area (Å²) in [5.41, 5.74) is 1.64. The van der Waals surface area contributed by atoms with E-state index < -0.39 is 5.60 Å². The molecule has 1 aliphatic heterocycles. The van der Waals surface area contributed by atoms with Crippen LogP contribution in [0.4, 0.5) is 0 Å². The summed E-state index contributed by atoms with van der Waals surface area (Å²) in [6, 6.07) is 8.40. The lowest BCUT2D eigenvalue weighted by atomic mass is 9.89. The van der Waals surface area contributed by atoms with Crippen LogP contribution in [0, 0.1) is 5.92 Å². The molecule has 94 valence electrons. The van der Waals surface area contributed by atoms with E-state index in [1.165, 1.54) is 18.4 Å². The van der Waals surface area contributed by atoms with Crippen LogP contribution in [0.5, 0.6) is 0 Å². The molecule has 0 aromatic heterocycles. The van der Waals surface area contributed by atoms with Crippen LogP contribution < -0.4 is 5.32 Å². The zero-order valence-corrected chi connectivity index (χ0v) is 10.9. The molecule has 0 radical (unpaired) electrons. The molecule has 1 fully saturated rings. The monoisotopic (exact) mass is 233 g/mol. The lowest BCUT2D eigenvalue weighted by Gasteiger charge is -2.24. The summed E-state index contributed by atoms with van der Waals surface area (Å²) in [5, 5.41) is 13.4. The molecular formula is C15H23NO. The van der Waals surface area contributed by atoms with Crippen LogP contribution in [0.15, 0.2) is 24.3 Å². The number of hydrogen-bond donors (Lipinski definition) is 2. The largest absolute Gasteiger partial charge is 0.386 e. The number of benzene rings is 1. The first-order valence-corrected chi connectivity index (χ1v) is 6.58. The van der Waals surface area contributed by atoms with Crippen LogP contribution in [-0.4, -0.2) is 18.2 Å². The lowest BCUT2D eigenvalue weighted by Crippen LogP contribution is -2.28. The molecule has 1 aromatic rings. The van der Waals surface area contributed by atoms with Crippen LogP contribution in [0.3, 0.4) is 0 Å². The number of aliphatic hydroxyl groups is 1. The van der Waals surface area contributed by atoms with Gasteiger partial charge in [0.05, 0.1) is 5.60 Å². The van der Waals surface area contributed by atoms with Crippen LogP contribution in [0.1, 0.15) is 37.8 Å². The van der Waals surface area contributed by atoms with E-state index in [9.17, 15) is 5.11 Å². The first-order valence-electron chi connectivity index (χ1n) is 6.58. The number of rotatable bonds is 3. The van der Waals surface area contributed by atoms with Crippen molar-refractivity contribution >= 4 is 0 Å². The summed E-state index contributed by atoms with van der Waals surface area (Å²) in [4.78, 5) is 0. The third-order valence-corrected chi connectivity index (χ3v) is 3.62. The van der Waals surface area contributed by atoms with Crippen molar-refractivity contribution in [2.24, 2.45) is 5.92 Å². The Kier molecular flexibility index (Phi) is 3.85. The van der Waals surface area contributed by atoms with E-state index in [1.807, 2.05) is 19.9 Å². The normalized spacial score (nSPS) is 18.3. The van der Waals surface area contributed by atoms with Gasteiger partial charge in [0.1, 0.15) is 0 Å². The molecule has 1 aromatic carbocycles. The van der Waals surface area contributed by atoms with E-state index in [0.29, 0.717) is 0 Å². The molecule has 0 unspecified atom stereocenters. The van der Waals surface area contributed by atoms with Gasteiger partial charge in [-0.2, -0.15) is 0 Å². The minimum absolute atomic E-state index is 0.732. The molecule has 1 heterocycles. The Morgan fingerprint density at radius 3 is 2.65 bits per heavy atom. The van der Waals surface area contributed by atoms with Gasteiger partial charge in [-0.25, -0.2) is 0 Å². The zero-order chi connectivity index (χ0) is 12.3. The Balaban J connectivity index is 2.05. The van der Waals surface area contributed by atoms with Crippen molar-refractivity contribution in [1.82, 2.24) is 5.32 Å². The Morgan fingerprint density at radius 2 is 2.00 bits per heavy atom. The average Bonchev–Trinajstić information content (AvgIpc) is 2.29. The fourth-order valence-corrected chi connectivity index (χ4v) is 2.50. The van der Waals surface area contributed by atoms with Gasteiger partial charge in [0, 0.05) is 0 Å². The van der Waals surface area contributed by atoms with Crippen LogP contribution in [-0.2, 0) is 12.0 Å². The molecule has 0 bridgehead atoms. The van der Waals surface area contributed by atoms with Gasteiger partial charge < -0.3 is 10.4 Å². The molecule has 1 saturated heterocycles. The maximum absolute atomic E-state index is 10.0. The summed E-state index contributed by atoms with van der Waals surface area (Å²) < 4.78 is 0. The lowest BCUT2D eigenvalue weighted by molar-refractivity contribution is 0.0785. The third-order valence-electron chi connectivity index (χ3n) is 3.62. The van der Waals surface area contributed by atoms with Crippen molar-refractivity contribution in [1.29, 1.82) is 0 Å². The van der Waals surface area contributed by atoms with Crippen molar-refractivity contribution in [2.45, 2.75) is 38.7 Å². The summed E-state index contributed by atoms with van der Waals surface area (Å²) in [6.07, 6.45) is 3.69. The summed E-state index contributed by atoms with van der Waals surface area (Å²) in [7, 11) is 0. The molecule has 2 rings (SSSR count). The summed E-state index contributed by atoms with van der Waals surface area (Å²) in [5.74, 6) is 0.799. The Morgan fingerprint density at radius 1 is 1.29 bits per heavy atom. The van der Waals surface area contributed by atoms with E-state index >= 15 is 0 Å². The highest BCUT2D eigenvalue weighted by Gasteiger charge is 2.17. The van der Waals surface area contributed by atoms with Crippen LogP contribution >= 0.6 is 0 Å². The van der Waals surface area contributed by atoms with Gasteiger partial charge >= 0.3 is 0 Å². The number of piperidine rings is 1. The van der Waals surface area contributed by atoms with Gasteiger partial charge in [0.25, 0.3) is 0 Å². The SMILES string of the molecule is CC(C)(O)c1cccc(CC2CCNCC2)c1. The second kappa shape index (κ2) is 5.19.